The van der Waals surface area contributed by atoms with Gasteiger partial charge >= 0.3 is 0 Å². The van der Waals surface area contributed by atoms with Crippen LogP contribution in [0.2, 0.25) is 0 Å². The van der Waals surface area contributed by atoms with E-state index in [0.29, 0.717) is 6.54 Å². The fourth-order valence-corrected chi connectivity index (χ4v) is 7.68. The standard InChI is InChI=1S/C39H50N6S/c1-12-27(3)43(8)26-38-39(30(6)45-21-19-42(7)20-22-45)28(4)37(41-38)25-34-29(5)40-36-18-17-33(24-35(34)36)46(10,11)44(9)32-16-14-15-31(13-2)23-32/h12,14-18,23-25,40-41H,1,3,5-6,10-11,13,19-22,26H2,2,4,7-9H3/b34-25+. The van der Waals surface area contributed by atoms with Crippen LogP contribution < -0.4 is 14.9 Å². The second-order valence-electron chi connectivity index (χ2n) is 12.5. The van der Waals surface area contributed by atoms with E-state index in [1.807, 2.05) is 7.05 Å². The molecule has 4 aromatic rings. The molecule has 0 aliphatic carbocycles. The molecular weight excluding hydrogens is 585 g/mol. The average molecular weight is 635 g/mol. The number of rotatable bonds is 11. The lowest BCUT2D eigenvalue weighted by molar-refractivity contribution is 0.207. The summed E-state index contributed by atoms with van der Waals surface area (Å²) >= 11 is 0. The molecule has 0 unspecified atom stereocenters. The summed E-state index contributed by atoms with van der Waals surface area (Å²) < 4.78 is 2.24. The summed E-state index contributed by atoms with van der Waals surface area (Å²) in [5, 5.41) is 3.03. The first-order valence-electron chi connectivity index (χ1n) is 15.9. The molecule has 1 aliphatic rings. The Bertz CT molecular complexity index is 2020. The molecule has 1 fully saturated rings. The number of hydrogen-bond donors (Lipinski definition) is 2. The van der Waals surface area contributed by atoms with Crippen molar-refractivity contribution >= 4 is 56.1 Å². The Labute approximate surface area is 275 Å². The third-order valence-corrected chi connectivity index (χ3v) is 11.9. The molecule has 0 radical (unpaired) electrons. The molecule has 2 aromatic carbocycles. The van der Waals surface area contributed by atoms with E-state index in [9.17, 15) is 0 Å². The van der Waals surface area contributed by atoms with Gasteiger partial charge in [0.1, 0.15) is 0 Å². The molecular formula is C39H50N6S. The van der Waals surface area contributed by atoms with Crippen molar-refractivity contribution in [1.29, 1.82) is 0 Å². The van der Waals surface area contributed by atoms with Gasteiger partial charge in [0, 0.05) is 101 Å². The van der Waals surface area contributed by atoms with Crippen molar-refractivity contribution in [3.05, 3.63) is 113 Å². The van der Waals surface area contributed by atoms with Crippen LogP contribution in [0, 0.1) is 6.92 Å². The van der Waals surface area contributed by atoms with Crippen LogP contribution in [-0.2, 0) is 13.0 Å². The van der Waals surface area contributed by atoms with Gasteiger partial charge in [0.05, 0.1) is 6.54 Å². The van der Waals surface area contributed by atoms with E-state index in [4.69, 9.17) is 0 Å². The molecule has 242 valence electrons. The maximum Gasteiger partial charge on any atom is 0.0583 e. The fourth-order valence-electron chi connectivity index (χ4n) is 6.19. The van der Waals surface area contributed by atoms with Gasteiger partial charge in [-0.25, -0.2) is 0 Å². The molecule has 0 spiro atoms. The predicted molar refractivity (Wildman–Crippen MR) is 205 cm³/mol. The van der Waals surface area contributed by atoms with Gasteiger partial charge in [0.15, 0.2) is 0 Å². The molecule has 46 heavy (non-hydrogen) atoms. The van der Waals surface area contributed by atoms with Gasteiger partial charge in [-0.15, -0.1) is 9.39 Å². The summed E-state index contributed by atoms with van der Waals surface area (Å²) in [5.41, 5.74) is 9.90. The Morgan fingerprint density at radius 1 is 1.02 bits per heavy atom. The number of hydrogen-bond acceptors (Lipinski definition) is 4. The fraction of sp³-hybridized carbons (Fsp3) is 0.282. The molecule has 1 aliphatic heterocycles. The molecule has 0 atom stereocenters. The summed E-state index contributed by atoms with van der Waals surface area (Å²) in [5.74, 6) is 9.33. The predicted octanol–water partition coefficient (Wildman–Crippen LogP) is 6.03. The first-order valence-corrected chi connectivity index (χ1v) is 17.8. The van der Waals surface area contributed by atoms with Crippen molar-refractivity contribution in [2.24, 2.45) is 0 Å². The Hall–Kier alpha value is -4.33. The third-order valence-electron chi connectivity index (χ3n) is 9.49. The Morgan fingerprint density at radius 3 is 2.41 bits per heavy atom. The highest BCUT2D eigenvalue weighted by atomic mass is 32.2. The molecule has 1 saturated heterocycles. The number of anilines is 1. The van der Waals surface area contributed by atoms with Gasteiger partial charge in [-0.2, -0.15) is 0 Å². The number of aromatic amines is 2. The van der Waals surface area contributed by atoms with E-state index >= 15 is 0 Å². The van der Waals surface area contributed by atoms with Crippen LogP contribution in [0.4, 0.5) is 5.69 Å². The van der Waals surface area contributed by atoms with Crippen molar-refractivity contribution in [3.8, 4) is 0 Å². The Kier molecular flexibility index (Phi) is 9.47. The van der Waals surface area contributed by atoms with E-state index in [2.05, 4.69) is 144 Å². The van der Waals surface area contributed by atoms with Crippen molar-refractivity contribution in [2.75, 3.05) is 51.6 Å². The third kappa shape index (κ3) is 6.35. The SMILES string of the molecule is C=CC(=C)N(C)Cc1[nH]c(/C=c2\c(=C)[nH]c3ccc(S(=C)(=C)N(C)c4cccc(CC)c4)cc23)c(C)c1C(=C)N1CCN(C)CC1. The van der Waals surface area contributed by atoms with Crippen LogP contribution in [0.5, 0.6) is 0 Å². The van der Waals surface area contributed by atoms with Crippen LogP contribution in [0.1, 0.15) is 35.0 Å². The second-order valence-corrected chi connectivity index (χ2v) is 15.2. The topological polar surface area (TPSA) is 44.5 Å². The van der Waals surface area contributed by atoms with Gasteiger partial charge < -0.3 is 29.0 Å². The van der Waals surface area contributed by atoms with Crippen LogP contribution in [0.25, 0.3) is 29.3 Å². The second kappa shape index (κ2) is 13.2. The number of fused-ring (bicyclic) bond motifs is 1. The van der Waals surface area contributed by atoms with Crippen LogP contribution in [0.15, 0.2) is 78.9 Å². The molecule has 6 nitrogen and oxygen atoms in total. The van der Waals surface area contributed by atoms with E-state index in [1.54, 1.807) is 6.08 Å². The number of H-pyrrole nitrogens is 2. The van der Waals surface area contributed by atoms with E-state index in [1.165, 1.54) is 16.7 Å². The lowest BCUT2D eigenvalue weighted by Gasteiger charge is -2.35. The van der Waals surface area contributed by atoms with Gasteiger partial charge in [-0.1, -0.05) is 57.1 Å². The molecule has 2 aromatic heterocycles. The molecule has 0 saturated carbocycles. The number of likely N-dealkylation sites (N-methyl/N-ethyl adjacent to an activating group) is 2. The van der Waals surface area contributed by atoms with E-state index < -0.39 is 9.39 Å². The van der Waals surface area contributed by atoms with Gasteiger partial charge in [0.2, 0.25) is 0 Å². The number of benzene rings is 2. The van der Waals surface area contributed by atoms with Crippen molar-refractivity contribution in [2.45, 2.75) is 31.7 Å². The van der Waals surface area contributed by atoms with Gasteiger partial charge in [0.25, 0.3) is 0 Å². The molecule has 5 rings (SSSR count). The number of nitrogens with zero attached hydrogens (tertiary/aromatic N) is 4. The van der Waals surface area contributed by atoms with Crippen molar-refractivity contribution in [1.82, 2.24) is 24.7 Å². The molecule has 0 amide bonds. The zero-order valence-electron chi connectivity index (χ0n) is 28.4. The van der Waals surface area contributed by atoms with Crippen molar-refractivity contribution < 1.29 is 0 Å². The maximum atomic E-state index is 4.67. The van der Waals surface area contributed by atoms with Crippen LogP contribution >= 0.6 is 9.39 Å². The number of aryl methyl sites for hydroxylation is 1. The summed E-state index contributed by atoms with van der Waals surface area (Å²) in [6.45, 7) is 26.1. The quantitative estimate of drug-likeness (QED) is 0.156. The molecule has 0 bridgehead atoms. The lowest BCUT2D eigenvalue weighted by atomic mass is 10.0. The highest BCUT2D eigenvalue weighted by Gasteiger charge is 2.23. The Morgan fingerprint density at radius 2 is 1.74 bits per heavy atom. The van der Waals surface area contributed by atoms with E-state index in [0.717, 1.165) is 87.4 Å². The molecule has 2 N–H and O–H groups in total. The monoisotopic (exact) mass is 634 g/mol. The highest BCUT2D eigenvalue weighted by molar-refractivity contribution is 8.28. The molecule has 3 heterocycles. The summed E-state index contributed by atoms with van der Waals surface area (Å²) in [4.78, 5) is 15.3. The normalized spacial score (nSPS) is 14.5. The minimum Gasteiger partial charge on any atom is -0.369 e. The smallest absolute Gasteiger partial charge is 0.0583 e. The number of nitrogens with one attached hydrogen (secondary N) is 2. The number of aromatic nitrogens is 2. The minimum atomic E-state index is -1.82. The van der Waals surface area contributed by atoms with Crippen LogP contribution in [-0.4, -0.2) is 83.7 Å². The maximum absolute atomic E-state index is 4.67. The highest BCUT2D eigenvalue weighted by Crippen LogP contribution is 2.39. The largest absolute Gasteiger partial charge is 0.369 e. The number of allylic oxidation sites excluding steroid dienone is 1. The zero-order valence-corrected chi connectivity index (χ0v) is 29.2. The summed E-state index contributed by atoms with van der Waals surface area (Å²) in [6, 6.07) is 15.2. The van der Waals surface area contributed by atoms with Crippen molar-refractivity contribution in [3.63, 3.8) is 0 Å². The van der Waals surface area contributed by atoms with E-state index in [-0.39, 0.29) is 0 Å². The minimum absolute atomic E-state index is 0.664. The average Bonchev–Trinajstić information content (AvgIpc) is 3.53. The lowest BCUT2D eigenvalue weighted by Crippen LogP contribution is -2.43. The first-order chi connectivity index (χ1) is 21.8. The summed E-state index contributed by atoms with van der Waals surface area (Å²) in [7, 11) is 4.50. The van der Waals surface area contributed by atoms with Gasteiger partial charge in [-0.05, 0) is 74.0 Å². The van der Waals surface area contributed by atoms with Gasteiger partial charge in [-0.3, -0.25) is 0 Å². The Balaban J connectivity index is 1.61. The summed E-state index contributed by atoms with van der Waals surface area (Å²) in [6.07, 6.45) is 5.01. The zero-order chi connectivity index (χ0) is 33.3. The molecule has 7 heteroatoms. The first kappa shape index (κ1) is 33.0. The number of piperazine rings is 1. The van der Waals surface area contributed by atoms with Crippen LogP contribution in [0.3, 0.4) is 0 Å².